The van der Waals surface area contributed by atoms with E-state index < -0.39 is 0 Å². The summed E-state index contributed by atoms with van der Waals surface area (Å²) in [4.78, 5) is 0. The monoisotopic (exact) mass is 278 g/mol. The molecule has 0 bridgehead atoms. The van der Waals surface area contributed by atoms with Crippen molar-refractivity contribution in [1.29, 1.82) is 5.26 Å². The van der Waals surface area contributed by atoms with Gasteiger partial charge >= 0.3 is 0 Å². The van der Waals surface area contributed by atoms with Crippen molar-refractivity contribution in [2.45, 2.75) is 32.2 Å². The van der Waals surface area contributed by atoms with Crippen LogP contribution < -0.4 is 19.9 Å². The van der Waals surface area contributed by atoms with Gasteiger partial charge in [0.2, 0.25) is 5.75 Å². The van der Waals surface area contributed by atoms with E-state index in [0.29, 0.717) is 36.7 Å². The molecule has 0 aromatic heterocycles. The highest BCUT2D eigenvalue weighted by molar-refractivity contribution is 5.54. The lowest BCUT2D eigenvalue weighted by Crippen LogP contribution is -2.17. The Labute approximate surface area is 120 Å². The molecular weight excluding hydrogens is 256 g/mol. The smallest absolute Gasteiger partial charge is 0.203 e. The minimum absolute atomic E-state index is 0.0619. The maximum absolute atomic E-state index is 8.52. The molecule has 1 unspecified atom stereocenters. The molecule has 0 saturated heterocycles. The molecule has 20 heavy (non-hydrogen) atoms. The van der Waals surface area contributed by atoms with E-state index in [1.165, 1.54) is 0 Å². The molecule has 0 fully saturated rings. The van der Waals surface area contributed by atoms with E-state index in [1.54, 1.807) is 14.2 Å². The number of ether oxygens (including phenoxy) is 3. The van der Waals surface area contributed by atoms with Crippen LogP contribution >= 0.6 is 0 Å². The number of rotatable bonds is 8. The van der Waals surface area contributed by atoms with Gasteiger partial charge in [-0.1, -0.05) is 0 Å². The van der Waals surface area contributed by atoms with Crippen LogP contribution in [0.2, 0.25) is 0 Å². The van der Waals surface area contributed by atoms with Gasteiger partial charge in [0.25, 0.3) is 0 Å². The molecule has 0 aliphatic heterocycles. The Morgan fingerprint density at radius 3 is 2.30 bits per heavy atom. The topological polar surface area (TPSA) is 77.5 Å². The number of nitrogens with zero attached hydrogens (tertiary/aromatic N) is 1. The third-order valence-electron chi connectivity index (χ3n) is 2.76. The summed E-state index contributed by atoms with van der Waals surface area (Å²) < 4.78 is 16.4. The quantitative estimate of drug-likeness (QED) is 0.738. The van der Waals surface area contributed by atoms with Crippen LogP contribution in [-0.4, -0.2) is 26.9 Å². The largest absolute Gasteiger partial charge is 0.493 e. The summed E-state index contributed by atoms with van der Waals surface area (Å²) in [5.41, 5.74) is 6.86. The van der Waals surface area contributed by atoms with Crippen molar-refractivity contribution < 1.29 is 14.2 Å². The van der Waals surface area contributed by atoms with Gasteiger partial charge in [-0.15, -0.1) is 0 Å². The van der Waals surface area contributed by atoms with Crippen molar-refractivity contribution in [2.24, 2.45) is 5.73 Å². The second-order valence-electron chi connectivity index (χ2n) is 4.62. The molecule has 2 N–H and O–H groups in total. The normalized spacial score (nSPS) is 11.6. The summed E-state index contributed by atoms with van der Waals surface area (Å²) in [6, 6.07) is 5.96. The fourth-order valence-corrected chi connectivity index (χ4v) is 1.89. The number of unbranched alkanes of at least 4 members (excludes halogenated alkanes) is 1. The van der Waals surface area contributed by atoms with E-state index in [0.717, 1.165) is 12.0 Å². The molecule has 1 aromatic rings. The van der Waals surface area contributed by atoms with E-state index in [1.807, 2.05) is 19.1 Å². The van der Waals surface area contributed by atoms with Gasteiger partial charge < -0.3 is 19.9 Å². The minimum atomic E-state index is 0.0619. The molecule has 0 amide bonds. The third-order valence-corrected chi connectivity index (χ3v) is 2.76. The zero-order valence-corrected chi connectivity index (χ0v) is 12.3. The van der Waals surface area contributed by atoms with Crippen LogP contribution in [0.3, 0.4) is 0 Å². The number of nitriles is 1. The van der Waals surface area contributed by atoms with Crippen LogP contribution in [-0.2, 0) is 6.42 Å². The molecule has 0 spiro atoms. The number of nitrogens with two attached hydrogens (primary N) is 1. The van der Waals surface area contributed by atoms with Gasteiger partial charge in [0, 0.05) is 12.5 Å². The maximum Gasteiger partial charge on any atom is 0.203 e. The summed E-state index contributed by atoms with van der Waals surface area (Å²) >= 11 is 0. The van der Waals surface area contributed by atoms with Gasteiger partial charge in [-0.05, 0) is 37.5 Å². The lowest BCUT2D eigenvalue weighted by atomic mass is 10.1. The predicted octanol–water partition coefficient (Wildman–Crippen LogP) is 2.28. The summed E-state index contributed by atoms with van der Waals surface area (Å²) in [7, 11) is 3.18. The van der Waals surface area contributed by atoms with Crippen LogP contribution in [0.25, 0.3) is 0 Å². The molecule has 1 aromatic carbocycles. The van der Waals surface area contributed by atoms with Crippen LogP contribution in [0.5, 0.6) is 17.2 Å². The fraction of sp³-hybridized carbons (Fsp3) is 0.533. The zero-order chi connectivity index (χ0) is 15.0. The van der Waals surface area contributed by atoms with Gasteiger partial charge in [-0.2, -0.15) is 5.26 Å². The zero-order valence-electron chi connectivity index (χ0n) is 12.3. The predicted molar refractivity (Wildman–Crippen MR) is 77.2 cm³/mol. The number of hydrogen-bond acceptors (Lipinski definition) is 5. The molecule has 0 heterocycles. The van der Waals surface area contributed by atoms with E-state index in [-0.39, 0.29) is 6.04 Å². The Morgan fingerprint density at radius 2 is 1.85 bits per heavy atom. The molecule has 5 heteroatoms. The first-order valence-corrected chi connectivity index (χ1v) is 6.62. The summed E-state index contributed by atoms with van der Waals surface area (Å²) in [6.45, 7) is 2.40. The van der Waals surface area contributed by atoms with Crippen molar-refractivity contribution in [3.8, 4) is 23.3 Å². The Balaban J connectivity index is 2.93. The van der Waals surface area contributed by atoms with Gasteiger partial charge in [0.1, 0.15) is 0 Å². The van der Waals surface area contributed by atoms with Crippen LogP contribution in [0.15, 0.2) is 12.1 Å². The van der Waals surface area contributed by atoms with Crippen LogP contribution in [0.1, 0.15) is 25.3 Å². The minimum Gasteiger partial charge on any atom is -0.493 e. The van der Waals surface area contributed by atoms with Crippen molar-refractivity contribution in [1.82, 2.24) is 0 Å². The Kier molecular flexibility index (Phi) is 6.68. The third kappa shape index (κ3) is 4.63. The highest BCUT2D eigenvalue weighted by Crippen LogP contribution is 2.38. The van der Waals surface area contributed by atoms with Gasteiger partial charge in [0.15, 0.2) is 11.5 Å². The number of hydrogen-bond donors (Lipinski definition) is 1. The van der Waals surface area contributed by atoms with Crippen molar-refractivity contribution in [3.63, 3.8) is 0 Å². The number of methoxy groups -OCH3 is 2. The van der Waals surface area contributed by atoms with Crippen LogP contribution in [0.4, 0.5) is 0 Å². The second kappa shape index (κ2) is 8.28. The lowest BCUT2D eigenvalue weighted by Gasteiger charge is -2.16. The van der Waals surface area contributed by atoms with Crippen molar-refractivity contribution in [3.05, 3.63) is 17.7 Å². The van der Waals surface area contributed by atoms with E-state index in [2.05, 4.69) is 6.07 Å². The second-order valence-corrected chi connectivity index (χ2v) is 4.62. The van der Waals surface area contributed by atoms with Crippen LogP contribution in [0, 0.1) is 11.3 Å². The standard InChI is InChI=1S/C15H22N2O3/c1-11(17)8-12-9-13(18-2)15(14(10-12)19-3)20-7-5-4-6-16/h9-11H,4-5,7-8,17H2,1-3H3. The fourth-order valence-electron chi connectivity index (χ4n) is 1.89. The first kappa shape index (κ1) is 16.1. The average molecular weight is 278 g/mol. The molecule has 0 aliphatic rings. The molecule has 0 saturated carbocycles. The molecule has 1 atom stereocenters. The first-order chi connectivity index (χ1) is 9.62. The lowest BCUT2D eigenvalue weighted by molar-refractivity contribution is 0.271. The summed E-state index contributed by atoms with van der Waals surface area (Å²) in [5.74, 6) is 1.82. The van der Waals surface area contributed by atoms with E-state index in [4.69, 9.17) is 25.2 Å². The van der Waals surface area contributed by atoms with Gasteiger partial charge in [0.05, 0.1) is 26.9 Å². The Bertz CT molecular complexity index is 442. The summed E-state index contributed by atoms with van der Waals surface area (Å²) in [5, 5.41) is 8.52. The SMILES string of the molecule is COc1cc(CC(C)N)cc(OC)c1OCCCC#N. The summed E-state index contributed by atoms with van der Waals surface area (Å²) in [6.07, 6.45) is 1.87. The Morgan fingerprint density at radius 1 is 1.25 bits per heavy atom. The van der Waals surface area contributed by atoms with E-state index in [9.17, 15) is 0 Å². The average Bonchev–Trinajstić information content (AvgIpc) is 2.43. The van der Waals surface area contributed by atoms with Gasteiger partial charge in [-0.25, -0.2) is 0 Å². The molecule has 5 nitrogen and oxygen atoms in total. The maximum atomic E-state index is 8.52. The van der Waals surface area contributed by atoms with Crippen molar-refractivity contribution in [2.75, 3.05) is 20.8 Å². The van der Waals surface area contributed by atoms with Gasteiger partial charge in [-0.3, -0.25) is 0 Å². The first-order valence-electron chi connectivity index (χ1n) is 6.62. The molecule has 0 aliphatic carbocycles. The highest BCUT2D eigenvalue weighted by atomic mass is 16.5. The van der Waals surface area contributed by atoms with E-state index >= 15 is 0 Å². The molecule has 0 radical (unpaired) electrons. The van der Waals surface area contributed by atoms with Crippen molar-refractivity contribution >= 4 is 0 Å². The molecule has 1 rings (SSSR count). The highest BCUT2D eigenvalue weighted by Gasteiger charge is 2.14. The molecule has 110 valence electrons. The molecular formula is C15H22N2O3. The Hall–Kier alpha value is -1.93. The number of benzene rings is 1.